The molecule has 2 unspecified atom stereocenters. The zero-order valence-corrected chi connectivity index (χ0v) is 12.3. The minimum Gasteiger partial charge on any atom is -0.383 e. The van der Waals surface area contributed by atoms with Crippen LogP contribution in [0.15, 0.2) is 0 Å². The van der Waals surface area contributed by atoms with E-state index in [0.29, 0.717) is 19.8 Å². The first-order valence-corrected chi connectivity index (χ1v) is 7.45. The van der Waals surface area contributed by atoms with E-state index in [4.69, 9.17) is 9.47 Å². The van der Waals surface area contributed by atoms with E-state index in [1.165, 1.54) is 0 Å². The molecule has 1 amide bonds. The van der Waals surface area contributed by atoms with E-state index >= 15 is 0 Å². The molecule has 1 N–H and O–H groups in total. The molecule has 1 rings (SSSR count). The highest BCUT2D eigenvalue weighted by Crippen LogP contribution is 2.12. The Morgan fingerprint density at radius 3 is 2.83 bits per heavy atom. The third-order valence-electron chi connectivity index (χ3n) is 2.98. The molecule has 5 nitrogen and oxygen atoms in total. The fraction of sp³-hybridized carbons (Fsp3) is 0.917. The van der Waals surface area contributed by atoms with Crippen LogP contribution < -0.4 is 5.32 Å². The van der Waals surface area contributed by atoms with E-state index in [0.717, 1.165) is 18.1 Å². The Kier molecular flexibility index (Phi) is 7.65. The van der Waals surface area contributed by atoms with Gasteiger partial charge in [0.25, 0.3) is 0 Å². The molecular formula is C12H24N2O3S. The fourth-order valence-corrected chi connectivity index (χ4v) is 2.92. The number of amides is 1. The van der Waals surface area contributed by atoms with Gasteiger partial charge in [0.1, 0.15) is 0 Å². The van der Waals surface area contributed by atoms with Crippen molar-refractivity contribution in [2.75, 3.05) is 52.0 Å². The second-order valence-electron chi connectivity index (χ2n) is 4.41. The average molecular weight is 276 g/mol. The normalized spacial score (nSPS) is 21.6. The number of methoxy groups -OCH3 is 2. The fourth-order valence-electron chi connectivity index (χ4n) is 1.99. The standard InChI is InChI=1S/C12H24N2O3S/c1-10(8-17-3)14(5-6-16-2)12(15)11-9-18-7-4-13-11/h10-11,13H,4-9H2,1-3H3. The maximum Gasteiger partial charge on any atom is 0.240 e. The average Bonchev–Trinajstić information content (AvgIpc) is 2.40. The van der Waals surface area contributed by atoms with E-state index < -0.39 is 0 Å². The molecule has 0 aromatic heterocycles. The number of carbonyl (C=O) groups excluding carboxylic acids is 1. The van der Waals surface area contributed by atoms with Gasteiger partial charge < -0.3 is 19.7 Å². The van der Waals surface area contributed by atoms with Crippen molar-refractivity contribution in [3.8, 4) is 0 Å². The van der Waals surface area contributed by atoms with Gasteiger partial charge in [-0.15, -0.1) is 0 Å². The Labute approximate surface area is 114 Å². The Morgan fingerprint density at radius 1 is 1.50 bits per heavy atom. The van der Waals surface area contributed by atoms with Crippen LogP contribution in [0.1, 0.15) is 6.92 Å². The molecule has 0 radical (unpaired) electrons. The van der Waals surface area contributed by atoms with Gasteiger partial charge in [0.2, 0.25) is 5.91 Å². The zero-order valence-electron chi connectivity index (χ0n) is 11.5. The summed E-state index contributed by atoms with van der Waals surface area (Å²) in [4.78, 5) is 14.3. The van der Waals surface area contributed by atoms with Crippen LogP contribution in [0.3, 0.4) is 0 Å². The number of ether oxygens (including phenoxy) is 2. The summed E-state index contributed by atoms with van der Waals surface area (Å²) >= 11 is 1.83. The SMILES string of the molecule is COCCN(C(=O)C1CSCCN1)C(C)COC. The lowest BCUT2D eigenvalue weighted by molar-refractivity contribution is -0.136. The van der Waals surface area contributed by atoms with Crippen molar-refractivity contribution in [3.63, 3.8) is 0 Å². The molecule has 1 fully saturated rings. The van der Waals surface area contributed by atoms with Crippen LogP contribution in [0, 0.1) is 0 Å². The molecule has 1 aliphatic heterocycles. The van der Waals surface area contributed by atoms with Gasteiger partial charge in [0.05, 0.1) is 25.3 Å². The van der Waals surface area contributed by atoms with Gasteiger partial charge in [-0.3, -0.25) is 4.79 Å². The lowest BCUT2D eigenvalue weighted by Gasteiger charge is -2.33. The minimum atomic E-state index is -0.0695. The van der Waals surface area contributed by atoms with Crippen molar-refractivity contribution in [2.24, 2.45) is 0 Å². The van der Waals surface area contributed by atoms with Crippen molar-refractivity contribution in [2.45, 2.75) is 19.0 Å². The molecule has 0 aliphatic carbocycles. The highest BCUT2D eigenvalue weighted by molar-refractivity contribution is 7.99. The first-order valence-electron chi connectivity index (χ1n) is 6.30. The van der Waals surface area contributed by atoms with Crippen LogP contribution in [0.25, 0.3) is 0 Å². The largest absolute Gasteiger partial charge is 0.383 e. The van der Waals surface area contributed by atoms with E-state index in [9.17, 15) is 4.79 Å². The van der Waals surface area contributed by atoms with Crippen molar-refractivity contribution in [1.82, 2.24) is 10.2 Å². The van der Waals surface area contributed by atoms with Gasteiger partial charge in [0, 0.05) is 38.8 Å². The van der Waals surface area contributed by atoms with Crippen LogP contribution in [0.5, 0.6) is 0 Å². The molecule has 0 bridgehead atoms. The highest BCUT2D eigenvalue weighted by atomic mass is 32.2. The van der Waals surface area contributed by atoms with E-state index in [1.54, 1.807) is 14.2 Å². The lowest BCUT2D eigenvalue weighted by Crippen LogP contribution is -2.54. The second kappa shape index (κ2) is 8.74. The highest BCUT2D eigenvalue weighted by Gasteiger charge is 2.28. The summed E-state index contributed by atoms with van der Waals surface area (Å²) in [6.45, 7) is 4.63. The van der Waals surface area contributed by atoms with Crippen LogP contribution in [-0.4, -0.2) is 74.9 Å². The molecule has 0 aromatic carbocycles. The van der Waals surface area contributed by atoms with Gasteiger partial charge in [-0.2, -0.15) is 11.8 Å². The second-order valence-corrected chi connectivity index (χ2v) is 5.56. The summed E-state index contributed by atoms with van der Waals surface area (Å²) < 4.78 is 10.2. The van der Waals surface area contributed by atoms with E-state index in [2.05, 4.69) is 5.32 Å². The van der Waals surface area contributed by atoms with Gasteiger partial charge in [-0.1, -0.05) is 0 Å². The van der Waals surface area contributed by atoms with E-state index in [-0.39, 0.29) is 18.0 Å². The number of hydrogen-bond donors (Lipinski definition) is 1. The van der Waals surface area contributed by atoms with Crippen molar-refractivity contribution >= 4 is 17.7 Å². The molecule has 0 spiro atoms. The number of rotatable bonds is 7. The third kappa shape index (κ3) is 4.76. The molecule has 2 atom stereocenters. The first-order chi connectivity index (χ1) is 8.70. The van der Waals surface area contributed by atoms with Crippen molar-refractivity contribution < 1.29 is 14.3 Å². The minimum absolute atomic E-state index is 0.0695. The molecule has 1 heterocycles. The predicted octanol–water partition coefficient (Wildman–Crippen LogP) is 0.201. The van der Waals surface area contributed by atoms with Gasteiger partial charge >= 0.3 is 0 Å². The Hall–Kier alpha value is -0.300. The van der Waals surface area contributed by atoms with Crippen LogP contribution >= 0.6 is 11.8 Å². The smallest absolute Gasteiger partial charge is 0.240 e. The zero-order chi connectivity index (χ0) is 13.4. The van der Waals surface area contributed by atoms with Crippen molar-refractivity contribution in [3.05, 3.63) is 0 Å². The van der Waals surface area contributed by atoms with Gasteiger partial charge in [0.15, 0.2) is 0 Å². The van der Waals surface area contributed by atoms with Crippen LogP contribution in [-0.2, 0) is 14.3 Å². The number of carbonyl (C=O) groups is 1. The Bertz CT molecular complexity index is 247. The number of nitrogens with zero attached hydrogens (tertiary/aromatic N) is 1. The summed E-state index contributed by atoms with van der Waals surface area (Å²) in [5, 5.41) is 3.28. The Balaban J connectivity index is 2.58. The molecule has 106 valence electrons. The molecular weight excluding hydrogens is 252 g/mol. The molecule has 6 heteroatoms. The molecule has 1 saturated heterocycles. The third-order valence-corrected chi connectivity index (χ3v) is 4.04. The molecule has 1 aliphatic rings. The molecule has 18 heavy (non-hydrogen) atoms. The van der Waals surface area contributed by atoms with Gasteiger partial charge in [-0.05, 0) is 6.92 Å². The monoisotopic (exact) mass is 276 g/mol. The predicted molar refractivity (Wildman–Crippen MR) is 74.0 cm³/mol. The summed E-state index contributed by atoms with van der Waals surface area (Å²) in [5.74, 6) is 2.08. The van der Waals surface area contributed by atoms with E-state index in [1.807, 2.05) is 23.6 Å². The topological polar surface area (TPSA) is 50.8 Å². The summed E-state index contributed by atoms with van der Waals surface area (Å²) in [6, 6.07) is 0.00582. The quantitative estimate of drug-likeness (QED) is 0.720. The number of nitrogens with one attached hydrogen (secondary N) is 1. The first kappa shape index (κ1) is 15.8. The molecule has 0 aromatic rings. The van der Waals surface area contributed by atoms with Gasteiger partial charge in [-0.25, -0.2) is 0 Å². The molecule has 0 saturated carbocycles. The number of hydrogen-bond acceptors (Lipinski definition) is 5. The number of thioether (sulfide) groups is 1. The summed E-state index contributed by atoms with van der Waals surface area (Å²) in [5.41, 5.74) is 0. The summed E-state index contributed by atoms with van der Waals surface area (Å²) in [7, 11) is 3.31. The van der Waals surface area contributed by atoms with Crippen LogP contribution in [0.2, 0.25) is 0 Å². The lowest BCUT2D eigenvalue weighted by atomic mass is 10.2. The Morgan fingerprint density at radius 2 is 2.28 bits per heavy atom. The van der Waals surface area contributed by atoms with Crippen LogP contribution in [0.4, 0.5) is 0 Å². The maximum absolute atomic E-state index is 12.5. The van der Waals surface area contributed by atoms with Crippen molar-refractivity contribution in [1.29, 1.82) is 0 Å². The summed E-state index contributed by atoms with van der Waals surface area (Å²) in [6.07, 6.45) is 0. The maximum atomic E-state index is 12.5.